The number of carbonyl (C=O) groups is 3. The van der Waals surface area contributed by atoms with Crippen molar-refractivity contribution in [2.45, 2.75) is 13.8 Å². The third-order valence-corrected chi connectivity index (χ3v) is 3.39. The Labute approximate surface area is 116 Å². The molecule has 0 saturated carbocycles. The highest BCUT2D eigenvalue weighted by Crippen LogP contribution is 2.28. The average Bonchev–Trinajstić information content (AvgIpc) is 2.45. The summed E-state index contributed by atoms with van der Waals surface area (Å²) in [4.78, 5) is 37.9. The second-order valence-electron chi connectivity index (χ2n) is 4.40. The van der Waals surface area contributed by atoms with Crippen molar-refractivity contribution >= 4 is 17.5 Å². The Morgan fingerprint density at radius 3 is 2.00 bits per heavy atom. The van der Waals surface area contributed by atoms with Crippen molar-refractivity contribution < 1.29 is 19.5 Å². The molecule has 1 N–H and O–H groups in total. The van der Waals surface area contributed by atoms with Crippen LogP contribution in [-0.2, 0) is 4.79 Å². The maximum Gasteiger partial charge on any atom is 0.342 e. The van der Waals surface area contributed by atoms with E-state index < -0.39 is 23.1 Å². The quantitative estimate of drug-likeness (QED) is 0.846. The van der Waals surface area contributed by atoms with Crippen LogP contribution in [0, 0.1) is 0 Å². The Bertz CT molecular complexity index is 627. The molecule has 0 saturated heterocycles. The molecule has 1 aliphatic rings. The summed E-state index contributed by atoms with van der Waals surface area (Å²) in [6.07, 6.45) is 0. The summed E-state index contributed by atoms with van der Waals surface area (Å²) < 4.78 is 0. The van der Waals surface area contributed by atoms with E-state index in [4.69, 9.17) is 0 Å². The minimum atomic E-state index is -1.36. The lowest BCUT2D eigenvalue weighted by Crippen LogP contribution is -2.36. The number of hydrogen-bond acceptors (Lipinski definition) is 4. The fourth-order valence-electron chi connectivity index (χ4n) is 2.40. The highest BCUT2D eigenvalue weighted by Gasteiger charge is 2.37. The van der Waals surface area contributed by atoms with Crippen molar-refractivity contribution in [3.05, 3.63) is 46.7 Å². The van der Waals surface area contributed by atoms with Crippen molar-refractivity contribution in [2.75, 3.05) is 13.1 Å². The molecular formula is C15H15NO4. The number of ketones is 2. The molecule has 0 spiro atoms. The number of aliphatic carboxylic acids is 1. The monoisotopic (exact) mass is 273 g/mol. The van der Waals surface area contributed by atoms with Crippen LogP contribution in [0.25, 0.3) is 0 Å². The number of rotatable bonds is 4. The van der Waals surface area contributed by atoms with Gasteiger partial charge in [-0.05, 0) is 13.8 Å². The van der Waals surface area contributed by atoms with Crippen LogP contribution in [-0.4, -0.2) is 40.6 Å². The normalized spacial score (nSPS) is 14.3. The minimum absolute atomic E-state index is 0.00815. The van der Waals surface area contributed by atoms with Crippen LogP contribution in [0.1, 0.15) is 34.6 Å². The number of carboxylic acid groups (broad SMARTS) is 1. The zero-order valence-electron chi connectivity index (χ0n) is 11.3. The van der Waals surface area contributed by atoms with Crippen molar-refractivity contribution in [2.24, 2.45) is 0 Å². The summed E-state index contributed by atoms with van der Waals surface area (Å²) >= 11 is 0. The average molecular weight is 273 g/mol. The number of likely N-dealkylation sites (N-methyl/N-ethyl adjacent to an activating group) is 1. The number of hydrogen-bond donors (Lipinski definition) is 1. The Morgan fingerprint density at radius 1 is 1.05 bits per heavy atom. The van der Waals surface area contributed by atoms with Crippen LogP contribution in [0.15, 0.2) is 35.5 Å². The molecule has 0 heterocycles. The number of Topliss-reactive ketones (excluding diaryl/α,β-unsaturated/α-hetero) is 2. The first kappa shape index (κ1) is 14.0. The maximum absolute atomic E-state index is 12.5. The zero-order chi connectivity index (χ0) is 14.9. The van der Waals surface area contributed by atoms with Crippen LogP contribution in [0.3, 0.4) is 0 Å². The first-order valence-corrected chi connectivity index (χ1v) is 6.43. The molecule has 0 bridgehead atoms. The molecule has 2 rings (SSSR count). The van der Waals surface area contributed by atoms with Gasteiger partial charge >= 0.3 is 5.97 Å². The van der Waals surface area contributed by atoms with Crippen molar-refractivity contribution in [1.29, 1.82) is 0 Å². The standard InChI is InChI=1S/C15H15NO4/c1-3-16(4-2)12-11(15(19)20)13(17)9-7-5-6-8-10(9)14(12)18/h5-8H,3-4H2,1-2H3,(H,19,20). The molecule has 0 unspecified atom stereocenters. The van der Waals surface area contributed by atoms with E-state index in [0.717, 1.165) is 0 Å². The number of carboxylic acids is 1. The van der Waals surface area contributed by atoms with E-state index in [2.05, 4.69) is 0 Å². The van der Waals surface area contributed by atoms with Crippen LogP contribution in [0.5, 0.6) is 0 Å². The number of fused-ring (bicyclic) bond motifs is 1. The maximum atomic E-state index is 12.5. The Hall–Kier alpha value is -2.43. The zero-order valence-corrected chi connectivity index (χ0v) is 11.3. The van der Waals surface area contributed by atoms with E-state index in [1.54, 1.807) is 23.1 Å². The van der Waals surface area contributed by atoms with Crippen molar-refractivity contribution in [3.8, 4) is 0 Å². The van der Waals surface area contributed by atoms with Gasteiger partial charge in [-0.1, -0.05) is 24.3 Å². The number of carbonyl (C=O) groups excluding carboxylic acids is 2. The first-order chi connectivity index (χ1) is 9.52. The van der Waals surface area contributed by atoms with E-state index in [9.17, 15) is 19.5 Å². The molecule has 0 radical (unpaired) electrons. The molecule has 0 aromatic heterocycles. The van der Waals surface area contributed by atoms with E-state index in [1.165, 1.54) is 6.07 Å². The molecule has 0 fully saturated rings. The van der Waals surface area contributed by atoms with Crippen LogP contribution in [0.2, 0.25) is 0 Å². The summed E-state index contributed by atoms with van der Waals surface area (Å²) in [5.74, 6) is -2.37. The molecule has 0 amide bonds. The van der Waals surface area contributed by atoms with Crippen molar-refractivity contribution in [3.63, 3.8) is 0 Å². The second kappa shape index (κ2) is 5.28. The lowest BCUT2D eigenvalue weighted by molar-refractivity contribution is -0.132. The topological polar surface area (TPSA) is 74.7 Å². The molecule has 104 valence electrons. The van der Waals surface area contributed by atoms with Gasteiger partial charge in [0.1, 0.15) is 11.3 Å². The number of nitrogens with zero attached hydrogens (tertiary/aromatic N) is 1. The van der Waals surface area contributed by atoms with Gasteiger partial charge in [0.25, 0.3) is 0 Å². The second-order valence-corrected chi connectivity index (χ2v) is 4.40. The van der Waals surface area contributed by atoms with Gasteiger partial charge in [0.05, 0.1) is 0 Å². The van der Waals surface area contributed by atoms with Crippen LogP contribution >= 0.6 is 0 Å². The van der Waals surface area contributed by atoms with Gasteiger partial charge in [-0.3, -0.25) is 9.59 Å². The lowest BCUT2D eigenvalue weighted by atomic mass is 9.86. The van der Waals surface area contributed by atoms with Crippen LogP contribution in [0.4, 0.5) is 0 Å². The Balaban J connectivity index is 2.72. The number of allylic oxidation sites excluding steroid dienone is 1. The summed E-state index contributed by atoms with van der Waals surface area (Å²) in [6.45, 7) is 4.55. The molecule has 1 aliphatic carbocycles. The van der Waals surface area contributed by atoms with Crippen molar-refractivity contribution in [1.82, 2.24) is 4.90 Å². The highest BCUT2D eigenvalue weighted by molar-refractivity contribution is 6.35. The van der Waals surface area contributed by atoms with E-state index in [0.29, 0.717) is 13.1 Å². The van der Waals surface area contributed by atoms with Gasteiger partial charge < -0.3 is 10.0 Å². The summed E-state index contributed by atoms with van der Waals surface area (Å²) in [5.41, 5.74) is -0.0150. The molecule has 5 nitrogen and oxygen atoms in total. The van der Waals surface area contributed by atoms with E-state index in [-0.39, 0.29) is 16.8 Å². The number of benzene rings is 1. The molecule has 20 heavy (non-hydrogen) atoms. The molecule has 0 aliphatic heterocycles. The van der Waals surface area contributed by atoms with Gasteiger partial charge in [0.15, 0.2) is 0 Å². The minimum Gasteiger partial charge on any atom is -0.477 e. The molecule has 0 atom stereocenters. The fourth-order valence-corrected chi connectivity index (χ4v) is 2.40. The lowest BCUT2D eigenvalue weighted by Gasteiger charge is -2.28. The molecule has 5 heteroatoms. The highest BCUT2D eigenvalue weighted by atomic mass is 16.4. The van der Waals surface area contributed by atoms with Crippen LogP contribution < -0.4 is 0 Å². The van der Waals surface area contributed by atoms with E-state index in [1.807, 2.05) is 13.8 Å². The first-order valence-electron chi connectivity index (χ1n) is 6.43. The van der Waals surface area contributed by atoms with Gasteiger partial charge in [-0.25, -0.2) is 4.79 Å². The molecule has 1 aromatic rings. The fraction of sp³-hybridized carbons (Fsp3) is 0.267. The van der Waals surface area contributed by atoms with E-state index >= 15 is 0 Å². The van der Waals surface area contributed by atoms with Gasteiger partial charge in [-0.2, -0.15) is 0 Å². The predicted octanol–water partition coefficient (Wildman–Crippen LogP) is 1.75. The third kappa shape index (κ3) is 2.01. The Kier molecular flexibility index (Phi) is 3.70. The molecule has 1 aromatic carbocycles. The largest absolute Gasteiger partial charge is 0.477 e. The summed E-state index contributed by atoms with van der Waals surface area (Å²) in [7, 11) is 0. The predicted molar refractivity (Wildman–Crippen MR) is 72.7 cm³/mol. The van der Waals surface area contributed by atoms with Gasteiger partial charge in [0, 0.05) is 24.2 Å². The third-order valence-electron chi connectivity index (χ3n) is 3.39. The smallest absolute Gasteiger partial charge is 0.342 e. The van der Waals surface area contributed by atoms with Gasteiger partial charge in [0.2, 0.25) is 11.6 Å². The summed E-state index contributed by atoms with van der Waals surface area (Å²) in [6, 6.07) is 6.32. The summed E-state index contributed by atoms with van der Waals surface area (Å²) in [5, 5.41) is 9.30. The van der Waals surface area contributed by atoms with Gasteiger partial charge in [-0.15, -0.1) is 0 Å². The Morgan fingerprint density at radius 2 is 1.55 bits per heavy atom. The SMILES string of the molecule is CCN(CC)C1=C(C(=O)O)C(=O)c2ccccc2C1=O. The molecular weight excluding hydrogens is 258 g/mol.